The lowest BCUT2D eigenvalue weighted by Crippen LogP contribution is -2.26. The average molecular weight is 252 g/mol. The maximum absolute atomic E-state index is 4.62. The van der Waals surface area contributed by atoms with Crippen molar-refractivity contribution in [3.63, 3.8) is 0 Å². The average Bonchev–Trinajstić information content (AvgIpc) is 3.15. The van der Waals surface area contributed by atoms with Crippen LogP contribution in [0.15, 0.2) is 0 Å². The van der Waals surface area contributed by atoms with Gasteiger partial charge in [-0.05, 0) is 68.6 Å². The molecule has 3 fully saturated rings. The Hall–Kier alpha value is 0.350. The highest BCUT2D eigenvalue weighted by molar-refractivity contribution is 7.80. The number of thiol groups is 1. The van der Waals surface area contributed by atoms with Crippen molar-refractivity contribution in [1.29, 1.82) is 0 Å². The molecule has 0 unspecified atom stereocenters. The van der Waals surface area contributed by atoms with Crippen molar-refractivity contribution in [3.05, 3.63) is 0 Å². The summed E-state index contributed by atoms with van der Waals surface area (Å²) in [5.74, 6) is 4.42. The van der Waals surface area contributed by atoms with Crippen LogP contribution in [0.4, 0.5) is 0 Å². The first-order valence-corrected chi connectivity index (χ1v) is 8.51. The summed E-state index contributed by atoms with van der Waals surface area (Å²) in [4.78, 5) is 0. The Kier molecular flexibility index (Phi) is 4.04. The molecule has 0 amide bonds. The van der Waals surface area contributed by atoms with Crippen LogP contribution < -0.4 is 0 Å². The molecule has 0 bridgehead atoms. The molecule has 3 rings (SSSR count). The van der Waals surface area contributed by atoms with Gasteiger partial charge in [-0.25, -0.2) is 0 Å². The molecule has 3 saturated carbocycles. The molecule has 0 atom stereocenters. The normalized spacial score (nSPS) is 43.6. The standard InChI is InChI=1S/C16H28S/c17-16-9-7-15(8-10-16)14-5-3-13(4-6-14)11-12-1-2-12/h12-17H,1-11H2. The minimum absolute atomic E-state index is 0.720. The molecule has 98 valence electrons. The molecule has 0 heterocycles. The van der Waals surface area contributed by atoms with Crippen molar-refractivity contribution in [2.45, 2.75) is 75.9 Å². The van der Waals surface area contributed by atoms with Crippen LogP contribution in [0.1, 0.15) is 70.6 Å². The fourth-order valence-electron chi connectivity index (χ4n) is 4.29. The Bertz CT molecular complexity index is 230. The van der Waals surface area contributed by atoms with Crippen molar-refractivity contribution < 1.29 is 0 Å². The molecule has 0 radical (unpaired) electrons. The van der Waals surface area contributed by atoms with Crippen LogP contribution in [0, 0.1) is 23.7 Å². The summed E-state index contributed by atoms with van der Waals surface area (Å²) in [7, 11) is 0. The molecule has 3 aliphatic rings. The summed E-state index contributed by atoms with van der Waals surface area (Å²) in [5, 5.41) is 0.720. The molecule has 0 saturated heterocycles. The topological polar surface area (TPSA) is 0 Å². The Morgan fingerprint density at radius 3 is 1.47 bits per heavy atom. The number of hydrogen-bond acceptors (Lipinski definition) is 1. The van der Waals surface area contributed by atoms with Crippen LogP contribution in [0.2, 0.25) is 0 Å². The molecule has 17 heavy (non-hydrogen) atoms. The first-order valence-electron chi connectivity index (χ1n) is 7.99. The fourth-order valence-corrected chi connectivity index (χ4v) is 4.59. The van der Waals surface area contributed by atoms with Crippen LogP contribution in [0.3, 0.4) is 0 Å². The van der Waals surface area contributed by atoms with Gasteiger partial charge in [0, 0.05) is 5.25 Å². The van der Waals surface area contributed by atoms with Crippen LogP contribution in [-0.4, -0.2) is 5.25 Å². The molecule has 0 aromatic carbocycles. The van der Waals surface area contributed by atoms with Crippen LogP contribution >= 0.6 is 12.6 Å². The summed E-state index contributed by atoms with van der Waals surface area (Å²) < 4.78 is 0. The molecule has 0 nitrogen and oxygen atoms in total. The van der Waals surface area contributed by atoms with Gasteiger partial charge in [0.2, 0.25) is 0 Å². The maximum atomic E-state index is 4.62. The minimum Gasteiger partial charge on any atom is -0.176 e. The van der Waals surface area contributed by atoms with Crippen molar-refractivity contribution in [2.75, 3.05) is 0 Å². The quantitative estimate of drug-likeness (QED) is 0.665. The Balaban J connectivity index is 1.41. The molecule has 3 aliphatic carbocycles. The van der Waals surface area contributed by atoms with E-state index in [0.717, 1.165) is 28.9 Å². The fraction of sp³-hybridized carbons (Fsp3) is 1.00. The lowest BCUT2D eigenvalue weighted by molar-refractivity contribution is 0.163. The second-order valence-electron chi connectivity index (χ2n) is 7.03. The van der Waals surface area contributed by atoms with Crippen molar-refractivity contribution in [3.8, 4) is 0 Å². The second-order valence-corrected chi connectivity index (χ2v) is 7.76. The third-order valence-electron chi connectivity index (χ3n) is 5.66. The van der Waals surface area contributed by atoms with Gasteiger partial charge in [-0.2, -0.15) is 12.6 Å². The first kappa shape index (κ1) is 12.4. The monoisotopic (exact) mass is 252 g/mol. The van der Waals surface area contributed by atoms with E-state index in [1.165, 1.54) is 25.7 Å². The van der Waals surface area contributed by atoms with Gasteiger partial charge in [-0.3, -0.25) is 0 Å². The summed E-state index contributed by atoms with van der Waals surface area (Å²) >= 11 is 4.62. The summed E-state index contributed by atoms with van der Waals surface area (Å²) in [6.07, 6.45) is 16.6. The Morgan fingerprint density at radius 1 is 0.588 bits per heavy atom. The second kappa shape index (κ2) is 5.55. The van der Waals surface area contributed by atoms with E-state index < -0.39 is 0 Å². The van der Waals surface area contributed by atoms with E-state index in [1.54, 1.807) is 44.9 Å². The first-order chi connectivity index (χ1) is 8.31. The number of hydrogen-bond donors (Lipinski definition) is 1. The highest BCUT2D eigenvalue weighted by Crippen LogP contribution is 2.44. The van der Waals surface area contributed by atoms with E-state index in [1.807, 2.05) is 0 Å². The van der Waals surface area contributed by atoms with E-state index in [4.69, 9.17) is 0 Å². The van der Waals surface area contributed by atoms with Crippen molar-refractivity contribution in [2.24, 2.45) is 23.7 Å². The smallest absolute Gasteiger partial charge is 0.00170 e. The molecule has 0 aromatic rings. The summed E-state index contributed by atoms with van der Waals surface area (Å²) in [6.45, 7) is 0. The van der Waals surface area contributed by atoms with Gasteiger partial charge in [-0.15, -0.1) is 0 Å². The molecular weight excluding hydrogens is 224 g/mol. The predicted octanol–water partition coefficient (Wildman–Crippen LogP) is 5.08. The molecule has 0 aliphatic heterocycles. The highest BCUT2D eigenvalue weighted by Gasteiger charge is 2.32. The van der Waals surface area contributed by atoms with Gasteiger partial charge in [-0.1, -0.05) is 25.7 Å². The van der Waals surface area contributed by atoms with Gasteiger partial charge in [0.05, 0.1) is 0 Å². The van der Waals surface area contributed by atoms with Crippen molar-refractivity contribution in [1.82, 2.24) is 0 Å². The summed E-state index contributed by atoms with van der Waals surface area (Å²) in [5.41, 5.74) is 0. The van der Waals surface area contributed by atoms with E-state index in [0.29, 0.717) is 0 Å². The van der Waals surface area contributed by atoms with Gasteiger partial charge in [0.15, 0.2) is 0 Å². The van der Waals surface area contributed by atoms with Gasteiger partial charge >= 0.3 is 0 Å². The van der Waals surface area contributed by atoms with E-state index in [2.05, 4.69) is 12.6 Å². The maximum Gasteiger partial charge on any atom is 0.00170 e. The third kappa shape index (κ3) is 3.43. The highest BCUT2D eigenvalue weighted by atomic mass is 32.1. The number of rotatable bonds is 3. The Morgan fingerprint density at radius 2 is 1.00 bits per heavy atom. The van der Waals surface area contributed by atoms with Crippen molar-refractivity contribution >= 4 is 12.6 Å². The molecule has 0 spiro atoms. The predicted molar refractivity (Wildman–Crippen MR) is 77.5 cm³/mol. The SMILES string of the molecule is SC1CCC(C2CCC(CC3CC3)CC2)CC1. The van der Waals surface area contributed by atoms with Gasteiger partial charge in [0.1, 0.15) is 0 Å². The molecule has 0 aromatic heterocycles. The minimum atomic E-state index is 0.720. The van der Waals surface area contributed by atoms with E-state index in [-0.39, 0.29) is 0 Å². The Labute approximate surface area is 112 Å². The van der Waals surface area contributed by atoms with Crippen LogP contribution in [0.5, 0.6) is 0 Å². The van der Waals surface area contributed by atoms with Crippen LogP contribution in [-0.2, 0) is 0 Å². The zero-order chi connectivity index (χ0) is 11.7. The van der Waals surface area contributed by atoms with Gasteiger partial charge in [0.25, 0.3) is 0 Å². The zero-order valence-electron chi connectivity index (χ0n) is 11.1. The summed E-state index contributed by atoms with van der Waals surface area (Å²) in [6, 6.07) is 0. The molecule has 1 heteroatoms. The lowest BCUT2D eigenvalue weighted by atomic mass is 9.70. The van der Waals surface area contributed by atoms with E-state index >= 15 is 0 Å². The zero-order valence-corrected chi connectivity index (χ0v) is 12.0. The third-order valence-corrected chi connectivity index (χ3v) is 6.18. The molecule has 0 N–H and O–H groups in total. The van der Waals surface area contributed by atoms with Crippen LogP contribution in [0.25, 0.3) is 0 Å². The molecular formula is C16H28S. The largest absolute Gasteiger partial charge is 0.176 e. The van der Waals surface area contributed by atoms with Gasteiger partial charge < -0.3 is 0 Å². The van der Waals surface area contributed by atoms with E-state index in [9.17, 15) is 0 Å². The lowest BCUT2D eigenvalue weighted by Gasteiger charge is -2.37.